The van der Waals surface area contributed by atoms with Crippen molar-refractivity contribution in [3.05, 3.63) is 22.1 Å². The molecule has 0 aliphatic rings. The third-order valence-corrected chi connectivity index (χ3v) is 3.24. The Bertz CT molecular complexity index is 349. The summed E-state index contributed by atoms with van der Waals surface area (Å²) in [5.74, 6) is 0.801. The van der Waals surface area contributed by atoms with Crippen molar-refractivity contribution < 1.29 is 0 Å². The Balaban J connectivity index is 2.76. The van der Waals surface area contributed by atoms with Gasteiger partial charge in [0.2, 0.25) is 0 Å². The molecule has 1 rings (SSSR count). The number of nitrogens with one attached hydrogen (secondary N) is 1. The van der Waals surface area contributed by atoms with Gasteiger partial charge in [0.25, 0.3) is 5.56 Å². The highest BCUT2D eigenvalue weighted by Crippen LogP contribution is 2.15. The second-order valence-electron chi connectivity index (χ2n) is 3.11. The zero-order chi connectivity index (χ0) is 10.6. The second kappa shape index (κ2) is 5.46. The van der Waals surface area contributed by atoms with Gasteiger partial charge in [-0.05, 0) is 11.5 Å². The molecular formula is C9H14N2OS2. The molecule has 78 valence electrons. The molecule has 1 aromatic rings. The van der Waals surface area contributed by atoms with E-state index in [4.69, 9.17) is 0 Å². The molecular weight excluding hydrogens is 216 g/mol. The summed E-state index contributed by atoms with van der Waals surface area (Å²) < 4.78 is 0. The maximum Gasteiger partial charge on any atom is 0.251 e. The Hall–Kier alpha value is -0.420. The van der Waals surface area contributed by atoms with Crippen LogP contribution in [0.5, 0.6) is 0 Å². The smallest absolute Gasteiger partial charge is 0.251 e. The Morgan fingerprint density at radius 1 is 1.57 bits per heavy atom. The van der Waals surface area contributed by atoms with Crippen molar-refractivity contribution in [2.75, 3.05) is 6.26 Å². The first-order chi connectivity index (χ1) is 6.61. The molecule has 0 aliphatic heterocycles. The van der Waals surface area contributed by atoms with Crippen molar-refractivity contribution in [2.24, 2.45) is 0 Å². The van der Waals surface area contributed by atoms with Gasteiger partial charge in [0.15, 0.2) is 5.16 Å². The van der Waals surface area contributed by atoms with E-state index in [0.717, 1.165) is 11.4 Å². The van der Waals surface area contributed by atoms with Crippen LogP contribution in [0.25, 0.3) is 0 Å². The van der Waals surface area contributed by atoms with Crippen LogP contribution in [0.2, 0.25) is 0 Å². The van der Waals surface area contributed by atoms with Crippen LogP contribution in [0.1, 0.15) is 19.5 Å². The summed E-state index contributed by atoms with van der Waals surface area (Å²) in [7, 11) is 0. The number of H-pyrrole nitrogens is 1. The number of thioether (sulfide) groups is 2. The lowest BCUT2D eigenvalue weighted by Crippen LogP contribution is -2.09. The van der Waals surface area contributed by atoms with Crippen LogP contribution < -0.4 is 5.56 Å². The molecule has 14 heavy (non-hydrogen) atoms. The predicted molar refractivity (Wildman–Crippen MR) is 63.1 cm³/mol. The molecule has 1 aromatic heterocycles. The largest absolute Gasteiger partial charge is 0.301 e. The number of aromatic nitrogens is 2. The molecule has 5 heteroatoms. The highest BCUT2D eigenvalue weighted by Gasteiger charge is 2.02. The molecule has 0 atom stereocenters. The predicted octanol–water partition coefficient (Wildman–Crippen LogP) is 2.13. The molecule has 0 unspecified atom stereocenters. The topological polar surface area (TPSA) is 45.8 Å². The van der Waals surface area contributed by atoms with E-state index in [-0.39, 0.29) is 5.56 Å². The fourth-order valence-electron chi connectivity index (χ4n) is 0.906. The molecule has 1 heterocycles. The third-order valence-electron chi connectivity index (χ3n) is 1.53. The van der Waals surface area contributed by atoms with Crippen LogP contribution in [0.15, 0.2) is 16.0 Å². The minimum absolute atomic E-state index is 0.0660. The van der Waals surface area contributed by atoms with Gasteiger partial charge in [-0.2, -0.15) is 11.8 Å². The Morgan fingerprint density at radius 3 is 2.86 bits per heavy atom. The average Bonchev–Trinajstić information content (AvgIpc) is 2.14. The first kappa shape index (κ1) is 11.7. The molecule has 0 spiro atoms. The van der Waals surface area contributed by atoms with E-state index in [0.29, 0.717) is 10.4 Å². The van der Waals surface area contributed by atoms with Gasteiger partial charge in [0, 0.05) is 11.8 Å². The van der Waals surface area contributed by atoms with E-state index in [1.54, 1.807) is 17.8 Å². The van der Waals surface area contributed by atoms with Crippen molar-refractivity contribution in [3.63, 3.8) is 0 Å². The van der Waals surface area contributed by atoms with Gasteiger partial charge in [-0.25, -0.2) is 4.98 Å². The average molecular weight is 230 g/mol. The molecule has 0 fully saturated rings. The van der Waals surface area contributed by atoms with Crippen molar-refractivity contribution >= 4 is 23.5 Å². The van der Waals surface area contributed by atoms with Crippen molar-refractivity contribution in [1.82, 2.24) is 9.97 Å². The summed E-state index contributed by atoms with van der Waals surface area (Å²) >= 11 is 3.24. The molecule has 0 amide bonds. The first-order valence-corrected chi connectivity index (χ1v) is 6.65. The van der Waals surface area contributed by atoms with Gasteiger partial charge < -0.3 is 4.98 Å². The monoisotopic (exact) mass is 230 g/mol. The summed E-state index contributed by atoms with van der Waals surface area (Å²) in [5, 5.41) is 1.26. The van der Waals surface area contributed by atoms with Gasteiger partial charge in [-0.3, -0.25) is 4.79 Å². The third kappa shape index (κ3) is 3.75. The SMILES string of the molecule is CSc1nc(CSC(C)C)cc(=O)[nH]1. The van der Waals surface area contributed by atoms with Crippen molar-refractivity contribution in [3.8, 4) is 0 Å². The fourth-order valence-corrected chi connectivity index (χ4v) is 1.97. The summed E-state index contributed by atoms with van der Waals surface area (Å²) in [6.07, 6.45) is 1.90. The lowest BCUT2D eigenvalue weighted by atomic mass is 10.4. The minimum Gasteiger partial charge on any atom is -0.301 e. The maximum atomic E-state index is 11.2. The molecule has 0 radical (unpaired) electrons. The number of hydrogen-bond acceptors (Lipinski definition) is 4. The highest BCUT2D eigenvalue weighted by molar-refractivity contribution is 7.99. The molecule has 3 nitrogen and oxygen atoms in total. The van der Waals surface area contributed by atoms with Crippen LogP contribution in [-0.4, -0.2) is 21.5 Å². The summed E-state index contributed by atoms with van der Waals surface area (Å²) in [5.41, 5.74) is 0.792. The number of aromatic amines is 1. The van der Waals surface area contributed by atoms with Crippen molar-refractivity contribution in [1.29, 1.82) is 0 Å². The Morgan fingerprint density at radius 2 is 2.29 bits per heavy atom. The number of rotatable bonds is 4. The number of nitrogens with zero attached hydrogens (tertiary/aromatic N) is 1. The lowest BCUT2D eigenvalue weighted by molar-refractivity contribution is 0.901. The maximum absolute atomic E-state index is 11.2. The summed E-state index contributed by atoms with van der Waals surface area (Å²) in [4.78, 5) is 18.2. The van der Waals surface area contributed by atoms with Gasteiger partial charge >= 0.3 is 0 Å². The number of hydrogen-bond donors (Lipinski definition) is 1. The normalized spacial score (nSPS) is 10.9. The zero-order valence-electron chi connectivity index (χ0n) is 8.53. The highest BCUT2D eigenvalue weighted by atomic mass is 32.2. The second-order valence-corrected chi connectivity index (χ2v) is 5.47. The van der Waals surface area contributed by atoms with Gasteiger partial charge in [-0.1, -0.05) is 25.6 Å². The van der Waals surface area contributed by atoms with E-state index in [2.05, 4.69) is 23.8 Å². The van der Waals surface area contributed by atoms with E-state index in [1.165, 1.54) is 11.8 Å². The Labute approximate surface area is 92.1 Å². The lowest BCUT2D eigenvalue weighted by Gasteiger charge is -2.04. The van der Waals surface area contributed by atoms with Crippen LogP contribution >= 0.6 is 23.5 Å². The molecule has 0 aromatic carbocycles. The van der Waals surface area contributed by atoms with E-state index >= 15 is 0 Å². The van der Waals surface area contributed by atoms with E-state index in [9.17, 15) is 4.79 Å². The quantitative estimate of drug-likeness (QED) is 0.636. The Kier molecular flexibility index (Phi) is 4.54. The zero-order valence-corrected chi connectivity index (χ0v) is 10.2. The summed E-state index contributed by atoms with van der Waals surface area (Å²) in [6.45, 7) is 4.26. The van der Waals surface area contributed by atoms with Crippen LogP contribution in [0.4, 0.5) is 0 Å². The van der Waals surface area contributed by atoms with E-state index < -0.39 is 0 Å². The molecule has 0 aliphatic carbocycles. The van der Waals surface area contributed by atoms with Crippen LogP contribution in [0.3, 0.4) is 0 Å². The van der Waals surface area contributed by atoms with Gasteiger partial charge in [-0.15, -0.1) is 0 Å². The molecule has 0 bridgehead atoms. The van der Waals surface area contributed by atoms with E-state index in [1.807, 2.05) is 6.26 Å². The van der Waals surface area contributed by atoms with Crippen molar-refractivity contribution in [2.45, 2.75) is 30.0 Å². The first-order valence-electron chi connectivity index (χ1n) is 4.37. The van der Waals surface area contributed by atoms with Crippen LogP contribution in [0, 0.1) is 0 Å². The summed E-state index contributed by atoms with van der Waals surface area (Å²) in [6, 6.07) is 1.56. The molecule has 1 N–H and O–H groups in total. The fraction of sp³-hybridized carbons (Fsp3) is 0.556. The van der Waals surface area contributed by atoms with Gasteiger partial charge in [0.1, 0.15) is 0 Å². The van der Waals surface area contributed by atoms with Crippen LogP contribution in [-0.2, 0) is 5.75 Å². The minimum atomic E-state index is -0.0660. The molecule has 0 saturated heterocycles. The van der Waals surface area contributed by atoms with Gasteiger partial charge in [0.05, 0.1) is 5.69 Å². The molecule has 0 saturated carbocycles. The standard InChI is InChI=1S/C9H14N2OS2/c1-6(2)14-5-7-4-8(12)11-9(10-7)13-3/h4,6H,5H2,1-3H3,(H,10,11,12).